The second-order valence-electron chi connectivity index (χ2n) is 6.35. The van der Waals surface area contributed by atoms with Gasteiger partial charge in [0.15, 0.2) is 0 Å². The van der Waals surface area contributed by atoms with Crippen LogP contribution in [0.2, 0.25) is 0 Å². The van der Waals surface area contributed by atoms with Crippen molar-refractivity contribution in [1.82, 2.24) is 15.4 Å². The van der Waals surface area contributed by atoms with Gasteiger partial charge in [-0.05, 0) is 48.9 Å². The predicted octanol–water partition coefficient (Wildman–Crippen LogP) is 2.54. The quantitative estimate of drug-likeness (QED) is 0.397. The number of aryl methyl sites for hydroxylation is 2. The van der Waals surface area contributed by atoms with E-state index in [0.717, 1.165) is 31.2 Å². The fourth-order valence-corrected chi connectivity index (χ4v) is 4.43. The number of aromatic nitrogens is 2. The molecule has 3 aromatic rings. The van der Waals surface area contributed by atoms with E-state index in [1.54, 1.807) is 0 Å². The summed E-state index contributed by atoms with van der Waals surface area (Å²) in [7, 11) is 0. The Kier molecular flexibility index (Phi) is 4.70. The van der Waals surface area contributed by atoms with Crippen LogP contribution in [0.1, 0.15) is 39.5 Å². The first-order valence-corrected chi connectivity index (χ1v) is 9.47. The summed E-state index contributed by atoms with van der Waals surface area (Å²) >= 11 is 1.47. The van der Waals surface area contributed by atoms with E-state index in [4.69, 9.17) is 0 Å². The number of rotatable bonds is 4. The Hall–Kier alpha value is -3.40. The number of amides is 1. The third-order valence-corrected chi connectivity index (χ3v) is 5.71. The van der Waals surface area contributed by atoms with Gasteiger partial charge >= 0.3 is 5.91 Å². The van der Waals surface area contributed by atoms with Crippen molar-refractivity contribution in [3.8, 4) is 0 Å². The van der Waals surface area contributed by atoms with Gasteiger partial charge in [0.2, 0.25) is 5.82 Å². The molecule has 1 aliphatic carbocycles. The van der Waals surface area contributed by atoms with Crippen LogP contribution in [0, 0.1) is 10.1 Å². The monoisotopic (exact) mass is 397 g/mol. The highest BCUT2D eigenvalue weighted by molar-refractivity contribution is 7.18. The maximum atomic E-state index is 12.5. The van der Waals surface area contributed by atoms with Crippen LogP contribution in [0.25, 0.3) is 10.2 Å². The summed E-state index contributed by atoms with van der Waals surface area (Å²) in [6, 6.07) is 5.70. The Balaban J connectivity index is 1.52. The number of nitro benzene ring substituents is 1. The summed E-state index contributed by atoms with van der Waals surface area (Å²) in [5.74, 6) is -0.736. The zero-order valence-electron chi connectivity index (χ0n) is 14.6. The molecule has 0 radical (unpaired) electrons. The third kappa shape index (κ3) is 3.41. The van der Waals surface area contributed by atoms with Crippen molar-refractivity contribution >= 4 is 39.4 Å². The number of aromatic amines is 1. The second-order valence-corrected chi connectivity index (χ2v) is 7.44. The van der Waals surface area contributed by atoms with Crippen molar-refractivity contribution in [3.63, 3.8) is 0 Å². The average Bonchev–Trinajstić information content (AvgIpc) is 3.07. The molecule has 4 rings (SSSR count). The van der Waals surface area contributed by atoms with E-state index in [1.807, 2.05) is 0 Å². The van der Waals surface area contributed by atoms with Crippen molar-refractivity contribution in [2.45, 2.75) is 25.7 Å². The molecule has 0 saturated carbocycles. The minimum Gasteiger partial charge on any atom is -0.302 e. The summed E-state index contributed by atoms with van der Waals surface area (Å²) in [6.07, 6.45) is 5.31. The maximum absolute atomic E-state index is 12.5. The highest BCUT2D eigenvalue weighted by Gasteiger charge is 2.21. The van der Waals surface area contributed by atoms with E-state index < -0.39 is 10.8 Å². The molecule has 0 atom stereocenters. The number of carbonyl (C=O) groups is 1. The standard InChI is InChI=1S/C18H15N5O4S/c24-16-14-12-3-1-2-4-13(12)28-18(14)21-15(20-16)17(25)22-19-9-10-5-7-11(8-6-10)23(26)27/h5-9H,1-4H2,(H,22,25)(H,20,21,24)/b19-9+. The molecule has 142 valence electrons. The van der Waals surface area contributed by atoms with Gasteiger partial charge in [0, 0.05) is 17.0 Å². The number of nitro groups is 1. The molecule has 0 aliphatic heterocycles. The molecule has 0 bridgehead atoms. The first-order chi connectivity index (χ1) is 13.5. The minimum atomic E-state index is -0.636. The fourth-order valence-electron chi connectivity index (χ4n) is 3.17. The van der Waals surface area contributed by atoms with Crippen LogP contribution in [0.15, 0.2) is 34.2 Å². The molecule has 1 aliphatic rings. The lowest BCUT2D eigenvalue weighted by Crippen LogP contribution is -2.24. The largest absolute Gasteiger partial charge is 0.307 e. The number of hydrogen-bond acceptors (Lipinski definition) is 7. The van der Waals surface area contributed by atoms with Crippen molar-refractivity contribution in [3.05, 3.63) is 66.6 Å². The Morgan fingerprint density at radius 2 is 2.04 bits per heavy atom. The first-order valence-electron chi connectivity index (χ1n) is 8.65. The number of carbonyl (C=O) groups excluding carboxylic acids is 1. The Morgan fingerprint density at radius 1 is 1.29 bits per heavy atom. The number of nitrogens with one attached hydrogen (secondary N) is 2. The molecule has 2 N–H and O–H groups in total. The molecule has 28 heavy (non-hydrogen) atoms. The highest BCUT2D eigenvalue weighted by Crippen LogP contribution is 2.33. The van der Waals surface area contributed by atoms with Gasteiger partial charge in [0.05, 0.1) is 16.5 Å². The lowest BCUT2D eigenvalue weighted by Gasteiger charge is -2.09. The SMILES string of the molecule is O=C(N/N=C/c1ccc([N+](=O)[O-])cc1)c1nc2sc3c(c2c(=O)[nH]1)CCCC3. The smallest absolute Gasteiger partial charge is 0.302 e. The predicted molar refractivity (Wildman–Crippen MR) is 105 cm³/mol. The van der Waals surface area contributed by atoms with Gasteiger partial charge in [0.25, 0.3) is 11.2 Å². The number of hydrazone groups is 1. The van der Waals surface area contributed by atoms with Gasteiger partial charge in [-0.2, -0.15) is 5.10 Å². The molecule has 0 fully saturated rings. The van der Waals surface area contributed by atoms with E-state index >= 15 is 0 Å². The number of hydrogen-bond donors (Lipinski definition) is 2. The van der Waals surface area contributed by atoms with Gasteiger partial charge in [-0.3, -0.25) is 19.7 Å². The van der Waals surface area contributed by atoms with Crippen molar-refractivity contribution < 1.29 is 9.72 Å². The normalized spacial score (nSPS) is 13.6. The lowest BCUT2D eigenvalue weighted by molar-refractivity contribution is -0.384. The number of fused-ring (bicyclic) bond motifs is 3. The van der Waals surface area contributed by atoms with E-state index in [1.165, 1.54) is 46.7 Å². The van der Waals surface area contributed by atoms with Crippen LogP contribution < -0.4 is 11.0 Å². The molecule has 9 nitrogen and oxygen atoms in total. The first kappa shape index (κ1) is 18.0. The van der Waals surface area contributed by atoms with Crippen LogP contribution in [-0.4, -0.2) is 27.0 Å². The van der Waals surface area contributed by atoms with E-state index in [0.29, 0.717) is 15.8 Å². The topological polar surface area (TPSA) is 130 Å². The van der Waals surface area contributed by atoms with Crippen LogP contribution in [0.5, 0.6) is 0 Å². The number of non-ortho nitro benzene ring substituents is 1. The van der Waals surface area contributed by atoms with Crippen molar-refractivity contribution in [2.75, 3.05) is 0 Å². The molecular formula is C18H15N5O4S. The number of nitrogens with zero attached hydrogens (tertiary/aromatic N) is 3. The number of benzene rings is 1. The summed E-state index contributed by atoms with van der Waals surface area (Å²) in [6.45, 7) is 0. The summed E-state index contributed by atoms with van der Waals surface area (Å²) in [4.78, 5) is 43.5. The molecular weight excluding hydrogens is 382 g/mol. The minimum absolute atomic E-state index is 0.0325. The fraction of sp³-hybridized carbons (Fsp3) is 0.222. The molecule has 0 spiro atoms. The zero-order chi connectivity index (χ0) is 19.7. The van der Waals surface area contributed by atoms with E-state index in [-0.39, 0.29) is 17.1 Å². The van der Waals surface area contributed by atoms with E-state index in [9.17, 15) is 19.7 Å². The molecule has 2 aromatic heterocycles. The lowest BCUT2D eigenvalue weighted by atomic mass is 9.97. The summed E-state index contributed by atoms with van der Waals surface area (Å²) in [5.41, 5.74) is 3.60. The van der Waals surface area contributed by atoms with Gasteiger partial charge in [0.1, 0.15) is 4.83 Å². The Morgan fingerprint density at radius 3 is 2.79 bits per heavy atom. The average molecular weight is 397 g/mol. The molecule has 10 heteroatoms. The van der Waals surface area contributed by atoms with Crippen LogP contribution in [0.4, 0.5) is 5.69 Å². The van der Waals surface area contributed by atoms with Crippen LogP contribution in [0.3, 0.4) is 0 Å². The summed E-state index contributed by atoms with van der Waals surface area (Å²) in [5, 5.41) is 15.0. The summed E-state index contributed by atoms with van der Waals surface area (Å²) < 4.78 is 0. The number of thiophene rings is 1. The highest BCUT2D eigenvalue weighted by atomic mass is 32.1. The van der Waals surface area contributed by atoms with Gasteiger partial charge in [-0.25, -0.2) is 10.4 Å². The Bertz CT molecular complexity index is 1160. The van der Waals surface area contributed by atoms with Crippen molar-refractivity contribution in [1.29, 1.82) is 0 Å². The second kappa shape index (κ2) is 7.31. The third-order valence-electron chi connectivity index (χ3n) is 4.52. The molecule has 1 amide bonds. The maximum Gasteiger partial charge on any atom is 0.307 e. The van der Waals surface area contributed by atoms with Gasteiger partial charge in [-0.1, -0.05) is 0 Å². The van der Waals surface area contributed by atoms with Gasteiger partial charge < -0.3 is 4.98 Å². The zero-order valence-corrected chi connectivity index (χ0v) is 15.4. The Labute approximate surface area is 162 Å². The molecule has 0 unspecified atom stereocenters. The van der Waals surface area contributed by atoms with Crippen molar-refractivity contribution in [2.24, 2.45) is 5.10 Å². The van der Waals surface area contributed by atoms with Crippen LogP contribution in [-0.2, 0) is 12.8 Å². The van der Waals surface area contributed by atoms with Gasteiger partial charge in [-0.15, -0.1) is 11.3 Å². The molecule has 2 heterocycles. The molecule has 1 aromatic carbocycles. The molecule has 0 saturated heterocycles. The number of H-pyrrole nitrogens is 1. The van der Waals surface area contributed by atoms with Crippen LogP contribution >= 0.6 is 11.3 Å². The van der Waals surface area contributed by atoms with E-state index in [2.05, 4.69) is 20.5 Å².